The lowest BCUT2D eigenvalue weighted by Crippen LogP contribution is -2.36. The van der Waals surface area contributed by atoms with Crippen LogP contribution in [0.25, 0.3) is 0 Å². The number of anilines is 2. The number of hydrogen-bond donors (Lipinski definition) is 2. The van der Waals surface area contributed by atoms with Crippen LogP contribution < -0.4 is 15.6 Å². The number of para-hydroxylation sites is 1. The molecule has 8 nitrogen and oxygen atoms in total. The molecule has 1 aliphatic heterocycles. The summed E-state index contributed by atoms with van der Waals surface area (Å²) >= 11 is 1.38. The number of hydrazone groups is 1. The molecule has 1 unspecified atom stereocenters. The van der Waals surface area contributed by atoms with Gasteiger partial charge < -0.3 is 15.1 Å². The molecule has 0 spiro atoms. The van der Waals surface area contributed by atoms with Crippen molar-refractivity contribution in [3.63, 3.8) is 0 Å². The summed E-state index contributed by atoms with van der Waals surface area (Å²) in [4.78, 5) is 38.2. The Bertz CT molecular complexity index is 1180. The standard InChI is InChI=1S/C24H22N4O4S/c1-2-20(24(31)26-21-15-22(29)28(27-21)17-9-4-3-5-10-17)33-18-11-6-8-16(14-18)25-23(30)19-12-7-13-32-19/h3-14,20H,2,15H2,1H3,(H,25,30)(H,26,27,31). The van der Waals surface area contributed by atoms with Crippen LogP contribution in [0.2, 0.25) is 0 Å². The Labute approximate surface area is 195 Å². The maximum absolute atomic E-state index is 12.9. The molecule has 3 aromatic rings. The Morgan fingerprint density at radius 1 is 1.09 bits per heavy atom. The highest BCUT2D eigenvalue weighted by molar-refractivity contribution is 8.00. The molecule has 1 aromatic heterocycles. The van der Waals surface area contributed by atoms with E-state index in [0.717, 1.165) is 4.90 Å². The van der Waals surface area contributed by atoms with Gasteiger partial charge in [-0.3, -0.25) is 14.4 Å². The zero-order chi connectivity index (χ0) is 23.2. The fourth-order valence-corrected chi connectivity index (χ4v) is 4.24. The first kappa shape index (κ1) is 22.3. The highest BCUT2D eigenvalue weighted by Gasteiger charge is 2.28. The van der Waals surface area contributed by atoms with Crippen LogP contribution in [0.5, 0.6) is 0 Å². The predicted molar refractivity (Wildman–Crippen MR) is 127 cm³/mol. The van der Waals surface area contributed by atoms with Gasteiger partial charge in [0.15, 0.2) is 5.76 Å². The number of amidine groups is 1. The molecule has 1 atom stereocenters. The molecule has 2 heterocycles. The molecule has 0 fully saturated rings. The number of benzene rings is 2. The van der Waals surface area contributed by atoms with Crippen molar-refractivity contribution >= 4 is 46.7 Å². The van der Waals surface area contributed by atoms with Crippen molar-refractivity contribution < 1.29 is 18.8 Å². The molecule has 0 bridgehead atoms. The average Bonchev–Trinajstić information content (AvgIpc) is 3.48. The van der Waals surface area contributed by atoms with Crippen molar-refractivity contribution in [3.8, 4) is 0 Å². The van der Waals surface area contributed by atoms with Crippen molar-refractivity contribution in [2.24, 2.45) is 5.10 Å². The first-order chi connectivity index (χ1) is 16.0. The number of furan rings is 1. The minimum Gasteiger partial charge on any atom is -0.459 e. The number of nitrogens with zero attached hydrogens (tertiary/aromatic N) is 2. The van der Waals surface area contributed by atoms with E-state index in [2.05, 4.69) is 15.7 Å². The Balaban J connectivity index is 1.39. The maximum Gasteiger partial charge on any atom is 0.291 e. The van der Waals surface area contributed by atoms with E-state index in [-0.39, 0.29) is 29.9 Å². The van der Waals surface area contributed by atoms with Gasteiger partial charge >= 0.3 is 0 Å². The molecule has 33 heavy (non-hydrogen) atoms. The second kappa shape index (κ2) is 10.2. The molecule has 9 heteroatoms. The lowest BCUT2D eigenvalue weighted by Gasteiger charge is -2.15. The van der Waals surface area contributed by atoms with E-state index in [1.54, 1.807) is 36.4 Å². The van der Waals surface area contributed by atoms with Crippen LogP contribution in [0.3, 0.4) is 0 Å². The molecule has 1 aliphatic rings. The number of amides is 3. The largest absolute Gasteiger partial charge is 0.459 e. The van der Waals surface area contributed by atoms with E-state index in [1.807, 2.05) is 37.3 Å². The van der Waals surface area contributed by atoms with Gasteiger partial charge in [-0.05, 0) is 48.9 Å². The van der Waals surface area contributed by atoms with E-state index in [1.165, 1.54) is 23.0 Å². The summed E-state index contributed by atoms with van der Waals surface area (Å²) < 4.78 is 5.11. The molecular weight excluding hydrogens is 440 g/mol. The quantitative estimate of drug-likeness (QED) is 0.511. The van der Waals surface area contributed by atoms with E-state index < -0.39 is 5.25 Å². The number of carbonyl (C=O) groups excluding carboxylic acids is 3. The van der Waals surface area contributed by atoms with Crippen LogP contribution in [0.1, 0.15) is 30.3 Å². The van der Waals surface area contributed by atoms with Crippen LogP contribution in [-0.4, -0.2) is 28.8 Å². The molecule has 168 valence electrons. The summed E-state index contributed by atoms with van der Waals surface area (Å²) in [6.07, 6.45) is 2.05. The second-order valence-corrected chi connectivity index (χ2v) is 8.50. The van der Waals surface area contributed by atoms with Crippen LogP contribution in [0.15, 0.2) is 87.4 Å². The minimum atomic E-state index is -0.399. The third kappa shape index (κ3) is 5.50. The third-order valence-corrected chi connectivity index (χ3v) is 6.18. The molecule has 4 rings (SSSR count). The Morgan fingerprint density at radius 2 is 1.91 bits per heavy atom. The first-order valence-corrected chi connectivity index (χ1v) is 11.3. The van der Waals surface area contributed by atoms with Gasteiger partial charge in [-0.2, -0.15) is 10.1 Å². The fourth-order valence-electron chi connectivity index (χ4n) is 3.23. The van der Waals surface area contributed by atoms with Gasteiger partial charge in [0.05, 0.1) is 23.6 Å². The third-order valence-electron chi connectivity index (χ3n) is 4.82. The van der Waals surface area contributed by atoms with Crippen molar-refractivity contribution in [3.05, 3.63) is 78.8 Å². The average molecular weight is 463 g/mol. The van der Waals surface area contributed by atoms with E-state index in [0.29, 0.717) is 23.6 Å². The highest BCUT2D eigenvalue weighted by Crippen LogP contribution is 2.28. The Kier molecular flexibility index (Phi) is 6.89. The summed E-state index contributed by atoms with van der Waals surface area (Å²) in [7, 11) is 0. The molecule has 3 amide bonds. The zero-order valence-electron chi connectivity index (χ0n) is 17.9. The number of thioether (sulfide) groups is 1. The van der Waals surface area contributed by atoms with Crippen molar-refractivity contribution in [1.82, 2.24) is 5.32 Å². The van der Waals surface area contributed by atoms with E-state index in [9.17, 15) is 14.4 Å². The van der Waals surface area contributed by atoms with Gasteiger partial charge in [0.25, 0.3) is 11.8 Å². The topological polar surface area (TPSA) is 104 Å². The van der Waals surface area contributed by atoms with E-state index >= 15 is 0 Å². The Hall–Kier alpha value is -3.85. The van der Waals surface area contributed by atoms with Gasteiger partial charge in [0, 0.05) is 10.6 Å². The summed E-state index contributed by atoms with van der Waals surface area (Å²) in [6.45, 7) is 1.91. The first-order valence-electron chi connectivity index (χ1n) is 10.4. The lowest BCUT2D eigenvalue weighted by molar-refractivity contribution is -0.119. The number of nitrogens with one attached hydrogen (secondary N) is 2. The zero-order valence-corrected chi connectivity index (χ0v) is 18.7. The number of carbonyl (C=O) groups is 3. The molecule has 2 N–H and O–H groups in total. The van der Waals surface area contributed by atoms with Gasteiger partial charge in [-0.1, -0.05) is 31.2 Å². The fraction of sp³-hybridized carbons (Fsp3) is 0.167. The maximum atomic E-state index is 12.9. The lowest BCUT2D eigenvalue weighted by atomic mass is 10.3. The summed E-state index contributed by atoms with van der Waals surface area (Å²) in [6, 6.07) is 19.6. The summed E-state index contributed by atoms with van der Waals surface area (Å²) in [5.41, 5.74) is 1.25. The van der Waals surface area contributed by atoms with Crippen LogP contribution in [0, 0.1) is 0 Å². The van der Waals surface area contributed by atoms with Crippen LogP contribution >= 0.6 is 11.8 Å². The Morgan fingerprint density at radius 3 is 2.64 bits per heavy atom. The monoisotopic (exact) mass is 462 g/mol. The van der Waals surface area contributed by atoms with Gasteiger partial charge in [-0.25, -0.2) is 0 Å². The minimum absolute atomic E-state index is 0.0377. The molecule has 0 radical (unpaired) electrons. The van der Waals surface area contributed by atoms with Crippen molar-refractivity contribution in [2.45, 2.75) is 29.9 Å². The molecular formula is C24H22N4O4S. The molecule has 2 aromatic carbocycles. The number of rotatable bonds is 7. The van der Waals surface area contributed by atoms with Crippen LogP contribution in [-0.2, 0) is 9.59 Å². The van der Waals surface area contributed by atoms with Crippen LogP contribution in [0.4, 0.5) is 11.4 Å². The van der Waals surface area contributed by atoms with Gasteiger partial charge in [0.1, 0.15) is 5.84 Å². The second-order valence-electron chi connectivity index (χ2n) is 7.23. The molecule has 0 saturated heterocycles. The van der Waals surface area contributed by atoms with Crippen molar-refractivity contribution in [1.29, 1.82) is 0 Å². The molecule has 0 saturated carbocycles. The SMILES string of the molecule is CCC(Sc1cccc(NC(=O)c2ccco2)c1)C(=O)NC1=NN(c2ccccc2)C(=O)C1. The summed E-state index contributed by atoms with van der Waals surface area (Å²) in [5, 5.41) is 10.8. The van der Waals surface area contributed by atoms with E-state index in [4.69, 9.17) is 4.42 Å². The summed E-state index contributed by atoms with van der Waals surface area (Å²) in [5.74, 6) is -0.229. The van der Waals surface area contributed by atoms with Crippen molar-refractivity contribution in [2.75, 3.05) is 10.3 Å². The van der Waals surface area contributed by atoms with Gasteiger partial charge in [-0.15, -0.1) is 11.8 Å². The number of hydrogen-bond acceptors (Lipinski definition) is 6. The normalized spacial score (nSPS) is 14.0. The predicted octanol–water partition coefficient (Wildman–Crippen LogP) is 4.27. The smallest absolute Gasteiger partial charge is 0.291 e. The molecule has 0 aliphatic carbocycles. The highest BCUT2D eigenvalue weighted by atomic mass is 32.2. The van der Waals surface area contributed by atoms with Gasteiger partial charge in [0.2, 0.25) is 5.91 Å².